The number of aryl methyl sites for hydroxylation is 1. The molecule has 0 bridgehead atoms. The van der Waals surface area contributed by atoms with Crippen LogP contribution in [0.2, 0.25) is 0 Å². The van der Waals surface area contributed by atoms with E-state index in [-0.39, 0.29) is 11.8 Å². The Hall–Kier alpha value is -3.22. The van der Waals surface area contributed by atoms with Crippen molar-refractivity contribution in [3.05, 3.63) is 65.4 Å². The largest absolute Gasteiger partial charge is 0.437 e. The van der Waals surface area contributed by atoms with Crippen LogP contribution in [0.5, 0.6) is 11.6 Å². The number of piperidine rings is 1. The highest BCUT2D eigenvalue weighted by Gasteiger charge is 2.30. The van der Waals surface area contributed by atoms with Crippen molar-refractivity contribution < 1.29 is 9.53 Å². The van der Waals surface area contributed by atoms with Crippen LogP contribution in [-0.2, 0) is 6.42 Å². The van der Waals surface area contributed by atoms with Gasteiger partial charge in [-0.05, 0) is 38.3 Å². The van der Waals surface area contributed by atoms with Gasteiger partial charge in [-0.3, -0.25) is 14.9 Å². The van der Waals surface area contributed by atoms with Gasteiger partial charge in [0.05, 0.1) is 0 Å². The molecule has 2 aromatic heterocycles. The quantitative estimate of drug-likeness (QED) is 0.713. The number of nitrogens with one attached hydrogen (secondary N) is 1. The van der Waals surface area contributed by atoms with Crippen LogP contribution in [0.25, 0.3) is 0 Å². The fourth-order valence-corrected chi connectivity index (χ4v) is 3.82. The van der Waals surface area contributed by atoms with Crippen molar-refractivity contribution in [2.75, 3.05) is 13.1 Å². The number of hydrogen-bond donors (Lipinski definition) is 1. The fraction of sp³-hybridized carbons (Fsp3) is 0.364. The molecule has 29 heavy (non-hydrogen) atoms. The number of rotatable bonds is 5. The number of H-pyrrole nitrogens is 1. The molecule has 7 nitrogen and oxygen atoms in total. The third kappa shape index (κ3) is 3.99. The van der Waals surface area contributed by atoms with E-state index in [1.807, 2.05) is 49.1 Å². The monoisotopic (exact) mass is 391 g/mol. The SMILES string of the molecule is CCc1[nH]nc(C(=O)N2CCCC(c3nccnc3Oc3ccccc3)C2)c1C. The summed E-state index contributed by atoms with van der Waals surface area (Å²) in [6.07, 6.45) is 5.98. The smallest absolute Gasteiger partial charge is 0.274 e. The molecule has 3 aromatic rings. The average molecular weight is 391 g/mol. The highest BCUT2D eigenvalue weighted by atomic mass is 16.5. The van der Waals surface area contributed by atoms with E-state index in [2.05, 4.69) is 20.2 Å². The molecule has 1 saturated heterocycles. The van der Waals surface area contributed by atoms with Crippen molar-refractivity contribution in [2.45, 2.75) is 39.0 Å². The first kappa shape index (κ1) is 19.1. The third-order valence-electron chi connectivity index (χ3n) is 5.41. The van der Waals surface area contributed by atoms with Gasteiger partial charge in [-0.2, -0.15) is 5.10 Å². The second-order valence-corrected chi connectivity index (χ2v) is 7.28. The Kier molecular flexibility index (Phi) is 5.55. The van der Waals surface area contributed by atoms with E-state index in [9.17, 15) is 4.79 Å². The molecule has 1 aliphatic heterocycles. The zero-order valence-electron chi connectivity index (χ0n) is 16.8. The molecule has 1 unspecified atom stereocenters. The second-order valence-electron chi connectivity index (χ2n) is 7.28. The molecule has 4 rings (SSSR count). The van der Waals surface area contributed by atoms with Crippen molar-refractivity contribution in [2.24, 2.45) is 0 Å². The Morgan fingerprint density at radius 3 is 2.79 bits per heavy atom. The summed E-state index contributed by atoms with van der Waals surface area (Å²) >= 11 is 0. The van der Waals surface area contributed by atoms with Crippen LogP contribution in [0.3, 0.4) is 0 Å². The zero-order valence-corrected chi connectivity index (χ0v) is 16.8. The van der Waals surface area contributed by atoms with Gasteiger partial charge >= 0.3 is 0 Å². The number of carbonyl (C=O) groups is 1. The molecular formula is C22H25N5O2. The van der Waals surface area contributed by atoms with E-state index < -0.39 is 0 Å². The lowest BCUT2D eigenvalue weighted by Crippen LogP contribution is -2.39. The lowest BCUT2D eigenvalue weighted by Gasteiger charge is -2.32. The van der Waals surface area contributed by atoms with Gasteiger partial charge in [-0.15, -0.1) is 0 Å². The van der Waals surface area contributed by atoms with Gasteiger partial charge in [0.1, 0.15) is 11.4 Å². The van der Waals surface area contributed by atoms with Crippen LogP contribution in [0.4, 0.5) is 0 Å². The van der Waals surface area contributed by atoms with E-state index in [1.165, 1.54) is 0 Å². The predicted octanol–water partition coefficient (Wildman–Crippen LogP) is 3.88. The van der Waals surface area contributed by atoms with Gasteiger partial charge in [-0.1, -0.05) is 25.1 Å². The Balaban J connectivity index is 1.54. The summed E-state index contributed by atoms with van der Waals surface area (Å²) < 4.78 is 5.99. The second kappa shape index (κ2) is 8.43. The molecule has 0 radical (unpaired) electrons. The number of para-hydroxylation sites is 1. The molecule has 3 heterocycles. The first-order valence-corrected chi connectivity index (χ1v) is 10.0. The summed E-state index contributed by atoms with van der Waals surface area (Å²) in [4.78, 5) is 23.9. The number of benzene rings is 1. The third-order valence-corrected chi connectivity index (χ3v) is 5.41. The summed E-state index contributed by atoms with van der Waals surface area (Å²) in [7, 11) is 0. The summed E-state index contributed by atoms with van der Waals surface area (Å²) in [5, 5.41) is 7.25. The molecule has 0 saturated carbocycles. The lowest BCUT2D eigenvalue weighted by molar-refractivity contribution is 0.0698. The maximum Gasteiger partial charge on any atom is 0.274 e. The molecular weight excluding hydrogens is 366 g/mol. The molecule has 1 aliphatic rings. The molecule has 7 heteroatoms. The average Bonchev–Trinajstić information content (AvgIpc) is 3.15. The van der Waals surface area contributed by atoms with Gasteiger partial charge in [0.2, 0.25) is 5.88 Å². The van der Waals surface area contributed by atoms with E-state index in [4.69, 9.17) is 4.74 Å². The van der Waals surface area contributed by atoms with Gasteiger partial charge in [0.25, 0.3) is 5.91 Å². The molecule has 0 aliphatic carbocycles. The number of amides is 1. The Morgan fingerprint density at radius 2 is 2.03 bits per heavy atom. The molecule has 1 fully saturated rings. The Labute approximate surface area is 170 Å². The van der Waals surface area contributed by atoms with Gasteiger partial charge in [0.15, 0.2) is 5.69 Å². The number of aromatic nitrogens is 4. The van der Waals surface area contributed by atoms with Crippen molar-refractivity contribution >= 4 is 5.91 Å². The number of hydrogen-bond acceptors (Lipinski definition) is 5. The normalized spacial score (nSPS) is 16.6. The van der Waals surface area contributed by atoms with E-state index in [0.29, 0.717) is 18.1 Å². The number of nitrogens with zero attached hydrogens (tertiary/aromatic N) is 4. The highest BCUT2D eigenvalue weighted by molar-refractivity contribution is 5.94. The van der Waals surface area contributed by atoms with Crippen molar-refractivity contribution in [3.8, 4) is 11.6 Å². The zero-order chi connectivity index (χ0) is 20.2. The minimum absolute atomic E-state index is 0.0300. The van der Waals surface area contributed by atoms with Gasteiger partial charge < -0.3 is 9.64 Å². The van der Waals surface area contributed by atoms with Crippen molar-refractivity contribution in [1.29, 1.82) is 0 Å². The summed E-state index contributed by atoms with van der Waals surface area (Å²) in [6, 6.07) is 9.56. The summed E-state index contributed by atoms with van der Waals surface area (Å²) in [5.74, 6) is 1.27. The van der Waals surface area contributed by atoms with Crippen LogP contribution in [-0.4, -0.2) is 44.1 Å². The number of likely N-dealkylation sites (tertiary alicyclic amines) is 1. The van der Waals surface area contributed by atoms with Crippen LogP contribution < -0.4 is 4.74 Å². The standard InChI is InChI=1S/C22H25N5O2/c1-3-18-15(2)19(26-25-18)22(28)27-13-7-8-16(14-27)20-21(24-12-11-23-20)29-17-9-5-4-6-10-17/h4-6,9-12,16H,3,7-8,13-14H2,1-2H3,(H,25,26). The van der Waals surface area contributed by atoms with E-state index in [1.54, 1.807) is 12.4 Å². The molecule has 1 atom stereocenters. The molecule has 1 aromatic carbocycles. The fourth-order valence-electron chi connectivity index (χ4n) is 3.82. The molecule has 1 N–H and O–H groups in total. The summed E-state index contributed by atoms with van der Waals surface area (Å²) in [5.41, 5.74) is 3.26. The maximum atomic E-state index is 13.1. The van der Waals surface area contributed by atoms with Crippen molar-refractivity contribution in [3.63, 3.8) is 0 Å². The topological polar surface area (TPSA) is 84.0 Å². The molecule has 1 amide bonds. The molecule has 0 spiro atoms. The van der Waals surface area contributed by atoms with Gasteiger partial charge in [0, 0.05) is 42.7 Å². The number of ether oxygens (including phenoxy) is 1. The van der Waals surface area contributed by atoms with Gasteiger partial charge in [-0.25, -0.2) is 4.98 Å². The minimum atomic E-state index is -0.0300. The summed E-state index contributed by atoms with van der Waals surface area (Å²) in [6.45, 7) is 5.30. The van der Waals surface area contributed by atoms with Crippen molar-refractivity contribution in [1.82, 2.24) is 25.1 Å². The van der Waals surface area contributed by atoms with E-state index in [0.717, 1.165) is 48.5 Å². The highest BCUT2D eigenvalue weighted by Crippen LogP contribution is 2.33. The number of carbonyl (C=O) groups excluding carboxylic acids is 1. The maximum absolute atomic E-state index is 13.1. The molecule has 150 valence electrons. The lowest BCUT2D eigenvalue weighted by atomic mass is 9.94. The van der Waals surface area contributed by atoms with Crippen LogP contribution in [0.15, 0.2) is 42.7 Å². The van der Waals surface area contributed by atoms with E-state index >= 15 is 0 Å². The minimum Gasteiger partial charge on any atom is -0.437 e. The first-order chi connectivity index (χ1) is 14.2. The first-order valence-electron chi connectivity index (χ1n) is 10.0. The van der Waals surface area contributed by atoms with Crippen LogP contribution in [0.1, 0.15) is 53.1 Å². The predicted molar refractivity (Wildman–Crippen MR) is 109 cm³/mol. The Morgan fingerprint density at radius 1 is 1.24 bits per heavy atom. The van der Waals surface area contributed by atoms with Crippen LogP contribution in [0, 0.1) is 6.92 Å². The Bertz CT molecular complexity index is 986. The number of aromatic amines is 1. The van der Waals surface area contributed by atoms with Crippen LogP contribution >= 0.6 is 0 Å².